The molecule has 10 heteroatoms. The maximum atomic E-state index is 12.7. The van der Waals surface area contributed by atoms with E-state index in [0.717, 1.165) is 42.6 Å². The largest absolute Gasteiger partial charge is 0.416 e. The molecule has 0 N–H and O–H groups in total. The minimum absolute atomic E-state index is 0.0545. The third-order valence-corrected chi connectivity index (χ3v) is 4.11. The number of pyridine rings is 1. The highest BCUT2D eigenvalue weighted by Crippen LogP contribution is 2.36. The van der Waals surface area contributed by atoms with E-state index >= 15 is 0 Å². The summed E-state index contributed by atoms with van der Waals surface area (Å²) in [5, 5.41) is 11.3. The van der Waals surface area contributed by atoms with Gasteiger partial charge in [0.25, 0.3) is 0 Å². The molecular weight excluding hydrogens is 402 g/mol. The molecule has 0 amide bonds. The Bertz CT molecular complexity index is 1040. The van der Waals surface area contributed by atoms with Crippen molar-refractivity contribution in [3.8, 4) is 22.3 Å². The summed E-state index contributed by atoms with van der Waals surface area (Å²) in [6, 6.07) is 9.09. The summed E-state index contributed by atoms with van der Waals surface area (Å²) in [7, 11) is 0. The van der Waals surface area contributed by atoms with Crippen LogP contribution in [0, 0.1) is 10.1 Å². The van der Waals surface area contributed by atoms with E-state index in [-0.39, 0.29) is 16.7 Å². The average Bonchev–Trinajstić information content (AvgIpc) is 2.66. The third-order valence-electron chi connectivity index (χ3n) is 4.11. The fourth-order valence-electron chi connectivity index (χ4n) is 2.66. The Balaban J connectivity index is 2.06. The van der Waals surface area contributed by atoms with Gasteiger partial charge in [-0.2, -0.15) is 26.3 Å². The van der Waals surface area contributed by atoms with E-state index in [0.29, 0.717) is 5.56 Å². The Hall–Kier alpha value is -3.43. The highest BCUT2D eigenvalue weighted by Gasteiger charge is 2.31. The monoisotopic (exact) mass is 412 g/mol. The van der Waals surface area contributed by atoms with Gasteiger partial charge in [0.1, 0.15) is 6.20 Å². The second kappa shape index (κ2) is 7.19. The molecule has 2 aromatic carbocycles. The molecule has 3 rings (SSSR count). The highest BCUT2D eigenvalue weighted by atomic mass is 19.4. The summed E-state index contributed by atoms with van der Waals surface area (Å²) >= 11 is 0. The summed E-state index contributed by atoms with van der Waals surface area (Å²) in [5.74, 6) is -0.583. The number of aromatic nitrogens is 1. The number of benzene rings is 2. The number of hydrogen-bond donors (Lipinski definition) is 0. The zero-order chi connectivity index (χ0) is 21.4. The van der Waals surface area contributed by atoms with Crippen molar-refractivity contribution in [2.45, 2.75) is 12.4 Å². The molecule has 0 spiro atoms. The molecule has 4 nitrogen and oxygen atoms in total. The van der Waals surface area contributed by atoms with Crippen LogP contribution in [0.1, 0.15) is 11.1 Å². The Labute approximate surface area is 159 Å². The van der Waals surface area contributed by atoms with Crippen LogP contribution in [0.4, 0.5) is 32.2 Å². The number of hydrogen-bond acceptors (Lipinski definition) is 3. The first-order chi connectivity index (χ1) is 13.5. The van der Waals surface area contributed by atoms with E-state index < -0.39 is 34.2 Å². The predicted molar refractivity (Wildman–Crippen MR) is 91.8 cm³/mol. The van der Waals surface area contributed by atoms with E-state index in [1.807, 2.05) is 0 Å². The van der Waals surface area contributed by atoms with Crippen molar-refractivity contribution in [1.29, 1.82) is 0 Å². The van der Waals surface area contributed by atoms with E-state index in [9.17, 15) is 36.5 Å². The maximum absolute atomic E-state index is 12.7. The van der Waals surface area contributed by atoms with Crippen molar-refractivity contribution >= 4 is 5.82 Å². The van der Waals surface area contributed by atoms with E-state index in [2.05, 4.69) is 4.98 Å². The fourth-order valence-corrected chi connectivity index (χ4v) is 2.66. The molecule has 0 aliphatic carbocycles. The molecule has 0 radical (unpaired) electrons. The summed E-state index contributed by atoms with van der Waals surface area (Å²) < 4.78 is 76.3. The van der Waals surface area contributed by atoms with Crippen LogP contribution in [0.15, 0.2) is 60.8 Å². The van der Waals surface area contributed by atoms with Crippen molar-refractivity contribution in [2.75, 3.05) is 0 Å². The van der Waals surface area contributed by atoms with Crippen molar-refractivity contribution in [1.82, 2.24) is 4.98 Å². The number of halogens is 6. The molecule has 1 aromatic heterocycles. The number of nitrogens with zero attached hydrogens (tertiary/aromatic N) is 2. The minimum atomic E-state index is -4.56. The number of alkyl halides is 6. The van der Waals surface area contributed by atoms with Gasteiger partial charge >= 0.3 is 18.2 Å². The van der Waals surface area contributed by atoms with Gasteiger partial charge in [-0.1, -0.05) is 24.3 Å². The van der Waals surface area contributed by atoms with Crippen molar-refractivity contribution in [2.24, 2.45) is 0 Å². The van der Waals surface area contributed by atoms with Crippen molar-refractivity contribution in [3.63, 3.8) is 0 Å². The van der Waals surface area contributed by atoms with Gasteiger partial charge in [-0.05, 0) is 51.4 Å². The normalized spacial score (nSPS) is 12.1. The van der Waals surface area contributed by atoms with Crippen LogP contribution in [0.25, 0.3) is 22.3 Å². The first kappa shape index (κ1) is 20.3. The molecule has 0 atom stereocenters. The van der Waals surface area contributed by atoms with Crippen LogP contribution in [0.5, 0.6) is 0 Å². The van der Waals surface area contributed by atoms with Crippen LogP contribution >= 0.6 is 0 Å². The molecule has 0 fully saturated rings. The van der Waals surface area contributed by atoms with Gasteiger partial charge in [0.2, 0.25) is 0 Å². The second-order valence-electron chi connectivity index (χ2n) is 6.00. The quantitative estimate of drug-likeness (QED) is 0.286. The Morgan fingerprint density at radius 3 is 1.59 bits per heavy atom. The van der Waals surface area contributed by atoms with Gasteiger partial charge in [0.15, 0.2) is 0 Å². The highest BCUT2D eigenvalue weighted by molar-refractivity contribution is 5.77. The lowest BCUT2D eigenvalue weighted by Crippen LogP contribution is -2.04. The summed E-state index contributed by atoms with van der Waals surface area (Å²) in [4.78, 5) is 14.2. The van der Waals surface area contributed by atoms with Gasteiger partial charge in [0, 0.05) is 5.56 Å². The molecule has 0 aliphatic rings. The molecule has 0 saturated carbocycles. The zero-order valence-corrected chi connectivity index (χ0v) is 14.3. The Morgan fingerprint density at radius 1 is 0.724 bits per heavy atom. The van der Waals surface area contributed by atoms with Crippen LogP contribution in [0.3, 0.4) is 0 Å². The Morgan fingerprint density at radius 2 is 1.17 bits per heavy atom. The topological polar surface area (TPSA) is 56.0 Å². The lowest BCUT2D eigenvalue weighted by molar-refractivity contribution is -0.388. The van der Waals surface area contributed by atoms with Gasteiger partial charge in [-0.3, -0.25) is 0 Å². The van der Waals surface area contributed by atoms with Crippen molar-refractivity contribution < 1.29 is 31.3 Å². The molecule has 150 valence electrons. The van der Waals surface area contributed by atoms with Crippen LogP contribution in [-0.4, -0.2) is 9.91 Å². The SMILES string of the molecule is O=[N+]([O-])c1ncc(-c2ccc(C(F)(F)F)cc2)cc1-c1ccc(C(F)(F)F)cc1. The Kier molecular flexibility index (Phi) is 5.04. The van der Waals surface area contributed by atoms with Crippen LogP contribution in [0.2, 0.25) is 0 Å². The zero-order valence-electron chi connectivity index (χ0n) is 14.3. The first-order valence-electron chi connectivity index (χ1n) is 7.96. The maximum Gasteiger partial charge on any atom is 0.416 e. The molecule has 3 aromatic rings. The molecule has 0 unspecified atom stereocenters. The molecule has 1 heterocycles. The van der Waals surface area contributed by atoms with E-state index in [1.165, 1.54) is 18.2 Å². The average molecular weight is 412 g/mol. The second-order valence-corrected chi connectivity index (χ2v) is 6.00. The minimum Gasteiger partial charge on any atom is -0.358 e. The molecular formula is C19H10F6N2O2. The summed E-state index contributed by atoms with van der Waals surface area (Å²) in [6.07, 6.45) is -7.96. The third kappa shape index (κ3) is 4.36. The smallest absolute Gasteiger partial charge is 0.358 e. The van der Waals surface area contributed by atoms with Gasteiger partial charge in [-0.25, -0.2) is 0 Å². The fraction of sp³-hybridized carbons (Fsp3) is 0.105. The van der Waals surface area contributed by atoms with Gasteiger partial charge < -0.3 is 10.1 Å². The molecule has 29 heavy (non-hydrogen) atoms. The summed E-state index contributed by atoms with van der Waals surface area (Å²) in [5.41, 5.74) is -1.13. The lowest BCUT2D eigenvalue weighted by Gasteiger charge is -2.10. The number of nitro groups is 1. The van der Waals surface area contributed by atoms with E-state index in [1.54, 1.807) is 0 Å². The standard InChI is InChI=1S/C19H10F6N2O2/c20-18(21,22)14-5-1-11(2-6-14)13-9-16(17(26-10-13)27(28)29)12-3-7-15(8-4-12)19(23,24)25/h1-10H. The van der Waals surface area contributed by atoms with Gasteiger partial charge in [0.05, 0.1) is 16.7 Å². The van der Waals surface area contributed by atoms with Crippen LogP contribution in [-0.2, 0) is 12.4 Å². The molecule has 0 aliphatic heterocycles. The molecule has 0 saturated heterocycles. The number of rotatable bonds is 3. The van der Waals surface area contributed by atoms with Crippen LogP contribution < -0.4 is 0 Å². The van der Waals surface area contributed by atoms with Crippen molar-refractivity contribution in [3.05, 3.63) is 82.0 Å². The van der Waals surface area contributed by atoms with E-state index in [4.69, 9.17) is 0 Å². The summed E-state index contributed by atoms with van der Waals surface area (Å²) in [6.45, 7) is 0. The molecule has 0 bridgehead atoms. The first-order valence-corrected chi connectivity index (χ1v) is 7.96. The predicted octanol–water partition coefficient (Wildman–Crippen LogP) is 6.36. The lowest BCUT2D eigenvalue weighted by atomic mass is 9.99. The van der Waals surface area contributed by atoms with Gasteiger partial charge in [-0.15, -0.1) is 0 Å².